The van der Waals surface area contributed by atoms with Crippen LogP contribution in [0.2, 0.25) is 5.02 Å². The highest BCUT2D eigenvalue weighted by Gasteiger charge is 2.19. The van der Waals surface area contributed by atoms with Crippen LogP contribution in [0.25, 0.3) is 10.9 Å². The number of fused-ring (bicyclic) bond motifs is 1. The summed E-state index contributed by atoms with van der Waals surface area (Å²) in [6, 6.07) is 9.96. The highest BCUT2D eigenvalue weighted by Crippen LogP contribution is 2.26. The summed E-state index contributed by atoms with van der Waals surface area (Å²) in [5.41, 5.74) is 0.990. The second kappa shape index (κ2) is 5.98. The van der Waals surface area contributed by atoms with Gasteiger partial charge in [-0.3, -0.25) is 0 Å². The van der Waals surface area contributed by atoms with Crippen molar-refractivity contribution >= 4 is 28.3 Å². The summed E-state index contributed by atoms with van der Waals surface area (Å²) >= 11 is 5.99. The van der Waals surface area contributed by atoms with Crippen molar-refractivity contribution in [3.63, 3.8) is 0 Å². The maximum Gasteiger partial charge on any atom is 0.129 e. The van der Waals surface area contributed by atoms with Gasteiger partial charge in [-0.25, -0.2) is 4.98 Å². The number of aromatic nitrogens is 1. The lowest BCUT2D eigenvalue weighted by Gasteiger charge is -2.32. The van der Waals surface area contributed by atoms with E-state index in [1.54, 1.807) is 0 Å². The molecule has 0 amide bonds. The lowest BCUT2D eigenvalue weighted by Crippen LogP contribution is -2.34. The average Bonchev–Trinajstić information content (AvgIpc) is 2.48. The molecule has 1 aromatic heterocycles. The Morgan fingerprint density at radius 3 is 2.75 bits per heavy atom. The smallest absolute Gasteiger partial charge is 0.129 e. The van der Waals surface area contributed by atoms with E-state index in [9.17, 15) is 0 Å². The maximum absolute atomic E-state index is 9.01. The van der Waals surface area contributed by atoms with E-state index in [-0.39, 0.29) is 0 Å². The number of rotatable bonds is 3. The van der Waals surface area contributed by atoms with Crippen LogP contribution in [0.4, 0.5) is 5.82 Å². The molecule has 3 nitrogen and oxygen atoms in total. The minimum absolute atomic E-state index is 0.305. The van der Waals surface area contributed by atoms with Gasteiger partial charge < -0.3 is 10.0 Å². The highest BCUT2D eigenvalue weighted by molar-refractivity contribution is 6.31. The summed E-state index contributed by atoms with van der Waals surface area (Å²) in [5.74, 6) is 1.71. The van der Waals surface area contributed by atoms with E-state index in [4.69, 9.17) is 21.7 Å². The fraction of sp³-hybridized carbons (Fsp3) is 0.438. The van der Waals surface area contributed by atoms with Gasteiger partial charge in [0.2, 0.25) is 0 Å². The molecule has 1 aliphatic heterocycles. The highest BCUT2D eigenvalue weighted by atomic mass is 35.5. The summed E-state index contributed by atoms with van der Waals surface area (Å²) < 4.78 is 0. The monoisotopic (exact) mass is 290 g/mol. The Balaban J connectivity index is 1.76. The molecular formula is C16H19ClN2O. The molecule has 2 heterocycles. The molecular weight excluding hydrogens is 272 g/mol. The predicted octanol–water partition coefficient (Wildman–Crippen LogP) is 3.49. The summed E-state index contributed by atoms with van der Waals surface area (Å²) in [5, 5.41) is 10.8. The third-order valence-corrected chi connectivity index (χ3v) is 4.35. The van der Waals surface area contributed by atoms with Gasteiger partial charge in [-0.1, -0.05) is 11.6 Å². The quantitative estimate of drug-likeness (QED) is 0.940. The molecule has 1 aromatic carbocycles. The number of halogens is 1. The fourth-order valence-electron chi connectivity index (χ4n) is 2.90. The molecule has 0 atom stereocenters. The van der Waals surface area contributed by atoms with E-state index in [1.807, 2.05) is 18.2 Å². The number of aliphatic hydroxyl groups excluding tert-OH is 1. The number of piperidine rings is 1. The SMILES string of the molecule is OCCC1CCN(c2ccc3cc(Cl)ccc3n2)CC1. The molecule has 4 heteroatoms. The lowest BCUT2D eigenvalue weighted by molar-refractivity contribution is 0.240. The van der Waals surface area contributed by atoms with Crippen molar-refractivity contribution in [2.45, 2.75) is 19.3 Å². The van der Waals surface area contributed by atoms with Gasteiger partial charge in [0.25, 0.3) is 0 Å². The predicted molar refractivity (Wildman–Crippen MR) is 83.4 cm³/mol. The zero-order chi connectivity index (χ0) is 13.9. The normalized spacial score (nSPS) is 16.8. The second-order valence-corrected chi connectivity index (χ2v) is 5.89. The van der Waals surface area contributed by atoms with Crippen molar-refractivity contribution in [2.24, 2.45) is 5.92 Å². The third-order valence-electron chi connectivity index (χ3n) is 4.11. The van der Waals surface area contributed by atoms with Crippen molar-refractivity contribution < 1.29 is 5.11 Å². The number of benzene rings is 1. The first-order valence-electron chi connectivity index (χ1n) is 7.18. The van der Waals surface area contributed by atoms with Gasteiger partial charge in [0.15, 0.2) is 0 Å². The zero-order valence-corrected chi connectivity index (χ0v) is 12.2. The van der Waals surface area contributed by atoms with Crippen molar-refractivity contribution in [2.75, 3.05) is 24.6 Å². The van der Waals surface area contributed by atoms with Crippen molar-refractivity contribution in [1.29, 1.82) is 0 Å². The first kappa shape index (κ1) is 13.7. The molecule has 3 rings (SSSR count). The molecule has 0 spiro atoms. The first-order valence-corrected chi connectivity index (χ1v) is 7.56. The average molecular weight is 291 g/mol. The van der Waals surface area contributed by atoms with Gasteiger partial charge in [-0.15, -0.1) is 0 Å². The molecule has 20 heavy (non-hydrogen) atoms. The van der Waals surface area contributed by atoms with Crippen LogP contribution in [-0.2, 0) is 0 Å². The van der Waals surface area contributed by atoms with Gasteiger partial charge in [-0.05, 0) is 55.5 Å². The minimum Gasteiger partial charge on any atom is -0.396 e. The van der Waals surface area contributed by atoms with E-state index >= 15 is 0 Å². The van der Waals surface area contributed by atoms with Gasteiger partial charge in [0.1, 0.15) is 5.82 Å². The van der Waals surface area contributed by atoms with Gasteiger partial charge in [0.05, 0.1) is 5.52 Å². The molecule has 0 unspecified atom stereocenters. The summed E-state index contributed by atoms with van der Waals surface area (Å²) in [6.45, 7) is 2.35. The number of anilines is 1. The van der Waals surface area contributed by atoms with Crippen LogP contribution >= 0.6 is 11.6 Å². The van der Waals surface area contributed by atoms with Crippen molar-refractivity contribution in [1.82, 2.24) is 4.98 Å². The van der Waals surface area contributed by atoms with Gasteiger partial charge in [-0.2, -0.15) is 0 Å². The Bertz CT molecular complexity index is 594. The molecule has 0 radical (unpaired) electrons. The minimum atomic E-state index is 0.305. The Labute approximate surface area is 124 Å². The van der Waals surface area contributed by atoms with Crippen LogP contribution < -0.4 is 4.90 Å². The van der Waals surface area contributed by atoms with E-state index in [2.05, 4.69) is 17.0 Å². The van der Waals surface area contributed by atoms with Crippen LogP contribution in [0.15, 0.2) is 30.3 Å². The molecule has 0 aliphatic carbocycles. The number of nitrogens with zero attached hydrogens (tertiary/aromatic N) is 2. The van der Waals surface area contributed by atoms with E-state index in [0.29, 0.717) is 12.5 Å². The van der Waals surface area contributed by atoms with Crippen LogP contribution in [0, 0.1) is 5.92 Å². The number of hydrogen-bond donors (Lipinski definition) is 1. The molecule has 1 fully saturated rings. The van der Waals surface area contributed by atoms with Gasteiger partial charge >= 0.3 is 0 Å². The summed E-state index contributed by atoms with van der Waals surface area (Å²) in [6.07, 6.45) is 3.21. The first-order chi connectivity index (χ1) is 9.76. The zero-order valence-electron chi connectivity index (χ0n) is 11.4. The fourth-order valence-corrected chi connectivity index (χ4v) is 3.08. The van der Waals surface area contributed by atoms with Crippen LogP contribution in [0.3, 0.4) is 0 Å². The molecule has 1 saturated heterocycles. The number of hydrogen-bond acceptors (Lipinski definition) is 3. The van der Waals surface area contributed by atoms with Gasteiger partial charge in [0, 0.05) is 30.1 Å². The van der Waals surface area contributed by atoms with Crippen LogP contribution in [0.5, 0.6) is 0 Å². The van der Waals surface area contributed by atoms with E-state index in [0.717, 1.165) is 54.1 Å². The molecule has 0 bridgehead atoms. The lowest BCUT2D eigenvalue weighted by atomic mass is 9.94. The van der Waals surface area contributed by atoms with Crippen molar-refractivity contribution in [3.05, 3.63) is 35.4 Å². The Hall–Kier alpha value is -1.32. The second-order valence-electron chi connectivity index (χ2n) is 5.45. The number of pyridine rings is 1. The van der Waals surface area contributed by atoms with Crippen LogP contribution in [0.1, 0.15) is 19.3 Å². The number of aliphatic hydroxyl groups is 1. The Morgan fingerprint density at radius 1 is 1.20 bits per heavy atom. The Kier molecular flexibility index (Phi) is 4.08. The summed E-state index contributed by atoms with van der Waals surface area (Å²) in [7, 11) is 0. The maximum atomic E-state index is 9.01. The third kappa shape index (κ3) is 2.89. The molecule has 1 N–H and O–H groups in total. The summed E-state index contributed by atoms with van der Waals surface area (Å²) in [4.78, 5) is 7.06. The molecule has 0 saturated carbocycles. The van der Waals surface area contributed by atoms with E-state index < -0.39 is 0 Å². The van der Waals surface area contributed by atoms with E-state index in [1.165, 1.54) is 0 Å². The van der Waals surface area contributed by atoms with Crippen LogP contribution in [-0.4, -0.2) is 29.8 Å². The Morgan fingerprint density at radius 2 is 2.00 bits per heavy atom. The molecule has 106 valence electrons. The topological polar surface area (TPSA) is 36.4 Å². The molecule has 1 aliphatic rings. The largest absolute Gasteiger partial charge is 0.396 e. The standard InChI is InChI=1S/C16H19ClN2O/c17-14-2-3-15-13(11-14)1-4-16(18-15)19-8-5-12(6-9-19)7-10-20/h1-4,11-12,20H,5-10H2. The molecule has 2 aromatic rings. The van der Waals surface area contributed by atoms with Crippen molar-refractivity contribution in [3.8, 4) is 0 Å².